The van der Waals surface area contributed by atoms with Gasteiger partial charge in [0.05, 0.1) is 5.69 Å². The zero-order chi connectivity index (χ0) is 10.5. The molecule has 1 nitrogen and oxygen atoms in total. The fraction of sp³-hybridized carbons (Fsp3) is 0.462. The van der Waals surface area contributed by atoms with Crippen LogP contribution in [0.3, 0.4) is 0 Å². The number of aliphatic imine (C=N–C) groups is 1. The lowest BCUT2D eigenvalue weighted by molar-refractivity contribution is 0.498. The van der Waals surface area contributed by atoms with E-state index in [1.165, 1.54) is 42.6 Å². The molecule has 0 aromatic heterocycles. The number of benzene rings is 1. The standard InChI is InChI=1S/C13H14BrN/c1-13-7-3-2-4-12(13)15-11-8-9(14)5-6-10(11)13/h5-6,8H,2-4,7H2,1H3. The molecule has 1 aromatic carbocycles. The molecule has 1 saturated carbocycles. The van der Waals surface area contributed by atoms with Gasteiger partial charge in [0, 0.05) is 15.6 Å². The first-order valence-electron chi connectivity index (χ1n) is 5.58. The summed E-state index contributed by atoms with van der Waals surface area (Å²) >= 11 is 3.51. The van der Waals surface area contributed by atoms with E-state index in [1.807, 2.05) is 0 Å². The fourth-order valence-electron chi connectivity index (χ4n) is 2.87. The van der Waals surface area contributed by atoms with Crippen LogP contribution in [0.5, 0.6) is 0 Å². The van der Waals surface area contributed by atoms with Crippen LogP contribution in [0.1, 0.15) is 38.2 Å². The van der Waals surface area contributed by atoms with Crippen LogP contribution in [0.25, 0.3) is 0 Å². The first-order chi connectivity index (χ1) is 7.20. The molecular formula is C13H14BrN. The van der Waals surface area contributed by atoms with E-state index in [2.05, 4.69) is 41.1 Å². The first kappa shape index (κ1) is 9.59. The van der Waals surface area contributed by atoms with E-state index in [-0.39, 0.29) is 5.41 Å². The Hall–Kier alpha value is -0.630. The molecule has 78 valence electrons. The van der Waals surface area contributed by atoms with Crippen molar-refractivity contribution < 1.29 is 0 Å². The van der Waals surface area contributed by atoms with Crippen molar-refractivity contribution in [2.24, 2.45) is 4.99 Å². The maximum absolute atomic E-state index is 4.79. The number of nitrogens with zero attached hydrogens (tertiary/aromatic N) is 1. The van der Waals surface area contributed by atoms with Crippen LogP contribution in [-0.2, 0) is 5.41 Å². The van der Waals surface area contributed by atoms with E-state index in [9.17, 15) is 0 Å². The van der Waals surface area contributed by atoms with Crippen LogP contribution < -0.4 is 0 Å². The van der Waals surface area contributed by atoms with Gasteiger partial charge in [0.2, 0.25) is 0 Å². The summed E-state index contributed by atoms with van der Waals surface area (Å²) in [6, 6.07) is 6.52. The summed E-state index contributed by atoms with van der Waals surface area (Å²) in [6.45, 7) is 2.35. The molecule has 2 aliphatic rings. The topological polar surface area (TPSA) is 12.4 Å². The molecule has 1 aromatic rings. The third-order valence-electron chi connectivity index (χ3n) is 3.79. The average molecular weight is 264 g/mol. The molecule has 1 atom stereocenters. The van der Waals surface area contributed by atoms with E-state index in [1.54, 1.807) is 0 Å². The van der Waals surface area contributed by atoms with Crippen molar-refractivity contribution in [3.05, 3.63) is 28.2 Å². The minimum atomic E-state index is 0.244. The van der Waals surface area contributed by atoms with Crippen molar-refractivity contribution in [2.45, 2.75) is 38.0 Å². The SMILES string of the molecule is CC12CCCCC1=Nc1cc(Br)ccc12. The predicted molar refractivity (Wildman–Crippen MR) is 67.1 cm³/mol. The van der Waals surface area contributed by atoms with Gasteiger partial charge in [-0.05, 0) is 37.0 Å². The van der Waals surface area contributed by atoms with Gasteiger partial charge in [-0.25, -0.2) is 0 Å². The lowest BCUT2D eigenvalue weighted by Gasteiger charge is -2.31. The van der Waals surface area contributed by atoms with Gasteiger partial charge in [-0.15, -0.1) is 0 Å². The Bertz CT molecular complexity index is 450. The van der Waals surface area contributed by atoms with Gasteiger partial charge in [0.15, 0.2) is 0 Å². The van der Waals surface area contributed by atoms with E-state index >= 15 is 0 Å². The van der Waals surface area contributed by atoms with Crippen molar-refractivity contribution in [1.29, 1.82) is 0 Å². The third-order valence-corrected chi connectivity index (χ3v) is 4.28. The van der Waals surface area contributed by atoms with Crippen LogP contribution in [-0.4, -0.2) is 5.71 Å². The summed E-state index contributed by atoms with van der Waals surface area (Å²) in [7, 11) is 0. The van der Waals surface area contributed by atoms with E-state index in [0.717, 1.165) is 4.47 Å². The number of hydrogen-bond acceptors (Lipinski definition) is 1. The Kier molecular flexibility index (Phi) is 2.03. The number of rotatable bonds is 0. The quantitative estimate of drug-likeness (QED) is 0.660. The van der Waals surface area contributed by atoms with Gasteiger partial charge in [-0.2, -0.15) is 0 Å². The minimum absolute atomic E-state index is 0.244. The molecule has 1 aliphatic heterocycles. The molecule has 1 fully saturated rings. The highest BCUT2D eigenvalue weighted by molar-refractivity contribution is 9.10. The summed E-state index contributed by atoms with van der Waals surface area (Å²) in [4.78, 5) is 4.79. The molecule has 0 amide bonds. The highest BCUT2D eigenvalue weighted by atomic mass is 79.9. The molecule has 1 aliphatic carbocycles. The van der Waals surface area contributed by atoms with Gasteiger partial charge in [-0.1, -0.05) is 35.3 Å². The molecule has 0 radical (unpaired) electrons. The second kappa shape index (κ2) is 3.18. The number of halogens is 1. The molecule has 2 heteroatoms. The molecule has 0 saturated heterocycles. The highest BCUT2D eigenvalue weighted by Crippen LogP contribution is 2.47. The van der Waals surface area contributed by atoms with Crippen LogP contribution in [0, 0.1) is 0 Å². The summed E-state index contributed by atoms with van der Waals surface area (Å²) in [5.74, 6) is 0. The largest absolute Gasteiger partial charge is 0.257 e. The van der Waals surface area contributed by atoms with E-state index in [4.69, 9.17) is 4.99 Å². The van der Waals surface area contributed by atoms with Gasteiger partial charge in [0.25, 0.3) is 0 Å². The van der Waals surface area contributed by atoms with Crippen LogP contribution >= 0.6 is 15.9 Å². The minimum Gasteiger partial charge on any atom is -0.257 e. The van der Waals surface area contributed by atoms with Crippen molar-refractivity contribution in [1.82, 2.24) is 0 Å². The van der Waals surface area contributed by atoms with E-state index in [0.29, 0.717) is 0 Å². The Morgan fingerprint density at radius 2 is 2.20 bits per heavy atom. The van der Waals surface area contributed by atoms with Gasteiger partial charge in [-0.3, -0.25) is 4.99 Å². The maximum atomic E-state index is 4.79. The number of fused-ring (bicyclic) bond motifs is 3. The van der Waals surface area contributed by atoms with Crippen molar-refractivity contribution in [3.8, 4) is 0 Å². The monoisotopic (exact) mass is 263 g/mol. The average Bonchev–Trinajstić information content (AvgIpc) is 2.49. The third kappa shape index (κ3) is 1.31. The van der Waals surface area contributed by atoms with Crippen LogP contribution in [0.4, 0.5) is 5.69 Å². The van der Waals surface area contributed by atoms with Gasteiger partial charge in [0.1, 0.15) is 0 Å². The first-order valence-corrected chi connectivity index (χ1v) is 6.37. The van der Waals surface area contributed by atoms with E-state index < -0.39 is 0 Å². The Morgan fingerprint density at radius 3 is 3.07 bits per heavy atom. The van der Waals surface area contributed by atoms with Crippen molar-refractivity contribution >= 4 is 27.3 Å². The molecule has 0 bridgehead atoms. The van der Waals surface area contributed by atoms with Crippen molar-refractivity contribution in [3.63, 3.8) is 0 Å². The van der Waals surface area contributed by atoms with Gasteiger partial charge >= 0.3 is 0 Å². The highest BCUT2D eigenvalue weighted by Gasteiger charge is 2.40. The molecule has 0 N–H and O–H groups in total. The lowest BCUT2D eigenvalue weighted by Crippen LogP contribution is -2.32. The zero-order valence-electron chi connectivity index (χ0n) is 8.89. The van der Waals surface area contributed by atoms with Crippen molar-refractivity contribution in [2.75, 3.05) is 0 Å². The Morgan fingerprint density at radius 1 is 1.33 bits per heavy atom. The smallest absolute Gasteiger partial charge is 0.0682 e. The summed E-state index contributed by atoms with van der Waals surface area (Å²) in [5.41, 5.74) is 4.26. The summed E-state index contributed by atoms with van der Waals surface area (Å²) in [5, 5.41) is 0. The molecule has 0 spiro atoms. The van der Waals surface area contributed by atoms with Crippen LogP contribution in [0.15, 0.2) is 27.7 Å². The number of hydrogen-bond donors (Lipinski definition) is 0. The maximum Gasteiger partial charge on any atom is 0.0682 e. The van der Waals surface area contributed by atoms with Crippen LogP contribution in [0.2, 0.25) is 0 Å². The fourth-order valence-corrected chi connectivity index (χ4v) is 3.22. The second-order valence-electron chi connectivity index (χ2n) is 4.76. The van der Waals surface area contributed by atoms with Gasteiger partial charge < -0.3 is 0 Å². The molecule has 15 heavy (non-hydrogen) atoms. The Labute approximate surface area is 98.7 Å². The lowest BCUT2D eigenvalue weighted by atomic mass is 9.71. The molecule has 1 unspecified atom stereocenters. The predicted octanol–water partition coefficient (Wildman–Crippen LogP) is 4.37. The zero-order valence-corrected chi connectivity index (χ0v) is 10.5. The molecule has 3 rings (SSSR count). The second-order valence-corrected chi connectivity index (χ2v) is 5.67. The Balaban J connectivity index is 2.17. The molecule has 1 heterocycles. The summed E-state index contributed by atoms with van der Waals surface area (Å²) < 4.78 is 1.13. The normalized spacial score (nSPS) is 28.3. The molecular weight excluding hydrogens is 250 g/mol. The summed E-state index contributed by atoms with van der Waals surface area (Å²) in [6.07, 6.45) is 5.10.